The molecule has 0 heterocycles. The fourth-order valence-electron chi connectivity index (χ4n) is 1.99. The lowest BCUT2D eigenvalue weighted by molar-refractivity contribution is -0.385. The molecule has 0 aromatic heterocycles. The first kappa shape index (κ1) is 16.6. The summed E-state index contributed by atoms with van der Waals surface area (Å²) in [5.41, 5.74) is 5.77. The minimum atomic E-state index is -0.931. The number of carboxylic acid groups (broad SMARTS) is 1. The molecule has 0 radical (unpaired) electrons. The van der Waals surface area contributed by atoms with E-state index in [-0.39, 0.29) is 12.1 Å². The number of nitrogens with two attached hydrogens (primary N) is 1. The van der Waals surface area contributed by atoms with Gasteiger partial charge in [0.25, 0.3) is 5.69 Å². The average Bonchev–Trinajstić information content (AvgIpc) is 2.39. The number of carboxylic acids is 1. The van der Waals surface area contributed by atoms with E-state index in [0.29, 0.717) is 29.4 Å². The Balaban J connectivity index is 2.87. The van der Waals surface area contributed by atoms with E-state index in [9.17, 15) is 20.0 Å². The minimum absolute atomic E-state index is 0.0514. The van der Waals surface area contributed by atoms with Gasteiger partial charge in [0.05, 0.1) is 10.8 Å². The van der Waals surface area contributed by atoms with E-state index in [1.807, 2.05) is 0 Å². The van der Waals surface area contributed by atoms with Gasteiger partial charge in [-0.2, -0.15) is 0 Å². The summed E-state index contributed by atoms with van der Waals surface area (Å²) in [7, 11) is 0. The van der Waals surface area contributed by atoms with Crippen molar-refractivity contribution in [2.75, 3.05) is 6.54 Å². The normalized spacial score (nSPS) is 12.1. The Morgan fingerprint density at radius 1 is 1.45 bits per heavy atom. The van der Waals surface area contributed by atoms with Crippen molar-refractivity contribution in [2.24, 2.45) is 11.7 Å². The van der Waals surface area contributed by atoms with E-state index < -0.39 is 16.8 Å². The number of aliphatic carboxylic acids is 1. The van der Waals surface area contributed by atoms with Gasteiger partial charge in [-0.05, 0) is 31.9 Å². The highest BCUT2D eigenvalue weighted by Gasteiger charge is 2.22. The van der Waals surface area contributed by atoms with Crippen molar-refractivity contribution in [1.29, 1.82) is 0 Å². The summed E-state index contributed by atoms with van der Waals surface area (Å²) in [6, 6.07) is 4.68. The predicted octanol–water partition coefficient (Wildman–Crippen LogP) is 2.73. The van der Waals surface area contributed by atoms with Gasteiger partial charge in [-0.15, -0.1) is 0 Å². The summed E-state index contributed by atoms with van der Waals surface area (Å²) < 4.78 is 0.600. The van der Waals surface area contributed by atoms with Gasteiger partial charge in [0.1, 0.15) is 0 Å². The van der Waals surface area contributed by atoms with Crippen LogP contribution in [0.4, 0.5) is 5.69 Å². The molecule has 0 spiro atoms. The van der Waals surface area contributed by atoms with Crippen molar-refractivity contribution in [3.05, 3.63) is 38.3 Å². The van der Waals surface area contributed by atoms with E-state index in [2.05, 4.69) is 15.9 Å². The van der Waals surface area contributed by atoms with Gasteiger partial charge in [0, 0.05) is 16.1 Å². The number of carbonyl (C=O) groups is 1. The van der Waals surface area contributed by atoms with Crippen LogP contribution < -0.4 is 5.73 Å². The van der Waals surface area contributed by atoms with Crippen LogP contribution in [0.25, 0.3) is 0 Å². The molecule has 20 heavy (non-hydrogen) atoms. The molecule has 1 unspecified atom stereocenters. The van der Waals surface area contributed by atoms with Gasteiger partial charge in [-0.1, -0.05) is 28.4 Å². The second-order valence-corrected chi connectivity index (χ2v) is 5.47. The number of hydrogen-bond acceptors (Lipinski definition) is 4. The van der Waals surface area contributed by atoms with Crippen molar-refractivity contribution in [3.63, 3.8) is 0 Å². The molecule has 0 aliphatic heterocycles. The lowest BCUT2D eigenvalue weighted by Crippen LogP contribution is -2.17. The zero-order valence-electron chi connectivity index (χ0n) is 10.9. The molecule has 1 rings (SSSR count). The summed E-state index contributed by atoms with van der Waals surface area (Å²) in [4.78, 5) is 21.8. The maximum atomic E-state index is 11.2. The Morgan fingerprint density at radius 3 is 2.70 bits per heavy atom. The van der Waals surface area contributed by atoms with Crippen LogP contribution in [0.2, 0.25) is 0 Å². The number of nitro groups is 1. The molecule has 6 nitrogen and oxygen atoms in total. The highest BCUT2D eigenvalue weighted by Crippen LogP contribution is 2.27. The smallest absolute Gasteiger partial charge is 0.306 e. The highest BCUT2D eigenvalue weighted by atomic mass is 79.9. The van der Waals surface area contributed by atoms with Crippen LogP contribution in [-0.2, 0) is 11.2 Å². The molecule has 0 saturated carbocycles. The molecule has 1 atom stereocenters. The van der Waals surface area contributed by atoms with E-state index in [0.717, 1.165) is 6.42 Å². The van der Waals surface area contributed by atoms with Crippen LogP contribution >= 0.6 is 15.9 Å². The maximum Gasteiger partial charge on any atom is 0.306 e. The Bertz CT molecular complexity index is 493. The fourth-order valence-corrected chi connectivity index (χ4v) is 2.34. The van der Waals surface area contributed by atoms with Crippen LogP contribution in [0.3, 0.4) is 0 Å². The van der Waals surface area contributed by atoms with Gasteiger partial charge in [0.2, 0.25) is 0 Å². The van der Waals surface area contributed by atoms with Crippen LogP contribution in [0.5, 0.6) is 0 Å². The number of hydrogen-bond donors (Lipinski definition) is 2. The minimum Gasteiger partial charge on any atom is -0.481 e. The maximum absolute atomic E-state index is 11.2. The molecule has 0 saturated heterocycles. The number of nitro benzene ring substituents is 1. The third-order valence-corrected chi connectivity index (χ3v) is 3.56. The molecule has 0 amide bonds. The van der Waals surface area contributed by atoms with Crippen LogP contribution in [0, 0.1) is 16.0 Å². The molecule has 0 bridgehead atoms. The number of benzene rings is 1. The van der Waals surface area contributed by atoms with Crippen molar-refractivity contribution < 1.29 is 14.8 Å². The summed E-state index contributed by atoms with van der Waals surface area (Å²) >= 11 is 3.18. The number of nitrogens with zero attached hydrogens (tertiary/aromatic N) is 1. The van der Waals surface area contributed by atoms with Gasteiger partial charge < -0.3 is 10.8 Å². The van der Waals surface area contributed by atoms with Crippen molar-refractivity contribution in [2.45, 2.75) is 25.7 Å². The average molecular weight is 345 g/mol. The molecular formula is C13H17BrN2O4. The Labute approximate surface area is 125 Å². The Morgan fingerprint density at radius 2 is 2.15 bits per heavy atom. The first-order chi connectivity index (χ1) is 9.45. The zero-order valence-corrected chi connectivity index (χ0v) is 12.5. The molecule has 1 aromatic rings. The van der Waals surface area contributed by atoms with E-state index >= 15 is 0 Å². The molecule has 110 valence electrons. The summed E-state index contributed by atoms with van der Waals surface area (Å²) in [5, 5.41) is 20.2. The zero-order chi connectivity index (χ0) is 15.1. The van der Waals surface area contributed by atoms with Crippen molar-refractivity contribution in [3.8, 4) is 0 Å². The standard InChI is InChI=1S/C13H17BrN2O4/c14-11-5-4-9(12(8-11)16(19)20)7-10(13(17)18)3-1-2-6-15/h4-5,8,10H,1-3,6-7,15H2,(H,17,18). The van der Waals surface area contributed by atoms with Crippen LogP contribution in [-0.4, -0.2) is 22.5 Å². The third kappa shape index (κ3) is 4.90. The first-order valence-electron chi connectivity index (χ1n) is 6.31. The van der Waals surface area contributed by atoms with Crippen LogP contribution in [0.15, 0.2) is 22.7 Å². The predicted molar refractivity (Wildman–Crippen MR) is 78.5 cm³/mol. The lowest BCUT2D eigenvalue weighted by Gasteiger charge is -2.12. The van der Waals surface area contributed by atoms with Gasteiger partial charge in [0.15, 0.2) is 0 Å². The van der Waals surface area contributed by atoms with Gasteiger partial charge in [-0.3, -0.25) is 14.9 Å². The monoisotopic (exact) mass is 344 g/mol. The highest BCUT2D eigenvalue weighted by molar-refractivity contribution is 9.10. The van der Waals surface area contributed by atoms with E-state index in [1.54, 1.807) is 12.1 Å². The second kappa shape index (κ2) is 7.96. The number of unbranched alkanes of at least 4 members (excludes halogenated alkanes) is 1. The van der Waals surface area contributed by atoms with E-state index in [4.69, 9.17) is 5.73 Å². The molecule has 0 fully saturated rings. The van der Waals surface area contributed by atoms with Crippen molar-refractivity contribution >= 4 is 27.6 Å². The van der Waals surface area contributed by atoms with Crippen LogP contribution in [0.1, 0.15) is 24.8 Å². The molecule has 0 aliphatic rings. The molecule has 3 N–H and O–H groups in total. The number of rotatable bonds is 8. The Hall–Kier alpha value is -1.47. The summed E-state index contributed by atoms with van der Waals surface area (Å²) in [6.45, 7) is 0.519. The van der Waals surface area contributed by atoms with E-state index in [1.165, 1.54) is 6.07 Å². The second-order valence-electron chi connectivity index (χ2n) is 4.55. The fraction of sp³-hybridized carbons (Fsp3) is 0.462. The molecular weight excluding hydrogens is 328 g/mol. The SMILES string of the molecule is NCCCCC(Cc1ccc(Br)cc1[N+](=O)[O-])C(=O)O. The molecule has 1 aromatic carbocycles. The first-order valence-corrected chi connectivity index (χ1v) is 7.10. The Kier molecular flexibility index (Phi) is 6.60. The topological polar surface area (TPSA) is 106 Å². The number of halogens is 1. The molecule has 7 heteroatoms. The van der Waals surface area contributed by atoms with Gasteiger partial charge in [-0.25, -0.2) is 0 Å². The quantitative estimate of drug-likeness (QED) is 0.428. The molecule has 0 aliphatic carbocycles. The third-order valence-electron chi connectivity index (χ3n) is 3.07. The lowest BCUT2D eigenvalue weighted by atomic mass is 9.93. The van der Waals surface area contributed by atoms with Gasteiger partial charge >= 0.3 is 5.97 Å². The summed E-state index contributed by atoms with van der Waals surface area (Å²) in [6.07, 6.45) is 2.09. The summed E-state index contributed by atoms with van der Waals surface area (Å²) in [5.74, 6) is -1.55. The van der Waals surface area contributed by atoms with Crippen molar-refractivity contribution in [1.82, 2.24) is 0 Å². The largest absolute Gasteiger partial charge is 0.481 e.